The van der Waals surface area contributed by atoms with Crippen molar-refractivity contribution in [1.82, 2.24) is 9.88 Å². The largest absolute Gasteiger partial charge is 0.341 e. The molecule has 2 atom stereocenters. The van der Waals surface area contributed by atoms with Crippen LogP contribution >= 0.6 is 0 Å². The van der Waals surface area contributed by atoms with E-state index in [0.717, 1.165) is 22.4 Å². The molecule has 30 heavy (non-hydrogen) atoms. The Balaban J connectivity index is 0.00000256. The van der Waals surface area contributed by atoms with Crippen molar-refractivity contribution in [1.29, 1.82) is 0 Å². The molecule has 0 aliphatic carbocycles. The fourth-order valence-corrected chi connectivity index (χ4v) is 3.91. The molecule has 2 heterocycles. The van der Waals surface area contributed by atoms with Crippen molar-refractivity contribution in [3.63, 3.8) is 0 Å². The van der Waals surface area contributed by atoms with Crippen molar-refractivity contribution >= 4 is 17.5 Å². The number of amides is 2. The van der Waals surface area contributed by atoms with Crippen LogP contribution in [0.2, 0.25) is 0 Å². The average molecular weight is 402 g/mol. The van der Waals surface area contributed by atoms with E-state index in [4.69, 9.17) is 0 Å². The minimum atomic E-state index is -0.289. The Bertz CT molecular complexity index is 1010. The molecule has 1 saturated heterocycles. The number of carbonyl (C=O) groups is 2. The molecule has 0 bridgehead atoms. The summed E-state index contributed by atoms with van der Waals surface area (Å²) in [5, 5.41) is 3.06. The predicted molar refractivity (Wildman–Crippen MR) is 120 cm³/mol. The van der Waals surface area contributed by atoms with Crippen LogP contribution < -0.4 is 5.32 Å². The number of likely N-dealkylation sites (tertiary alicyclic amines) is 1. The highest BCUT2D eigenvalue weighted by atomic mass is 16.2. The van der Waals surface area contributed by atoms with Crippen LogP contribution in [0.5, 0.6) is 0 Å². The molecule has 1 N–H and O–H groups in total. The van der Waals surface area contributed by atoms with Crippen molar-refractivity contribution < 1.29 is 9.59 Å². The second-order valence-electron chi connectivity index (χ2n) is 7.36. The molecule has 2 unspecified atom stereocenters. The SMILES string of the molecule is C.CC(=O)N1CC(C(=O)Nc2cccc(-c3cccnc3)c2)C(c2ccccc2)C1. The van der Waals surface area contributed by atoms with Crippen LogP contribution in [0.25, 0.3) is 11.1 Å². The van der Waals surface area contributed by atoms with Crippen LogP contribution in [-0.2, 0) is 9.59 Å². The van der Waals surface area contributed by atoms with Gasteiger partial charge in [0.25, 0.3) is 0 Å². The first-order valence-electron chi connectivity index (χ1n) is 9.73. The first kappa shape index (κ1) is 21.2. The molecule has 0 spiro atoms. The van der Waals surface area contributed by atoms with Crippen molar-refractivity contribution in [2.24, 2.45) is 5.92 Å². The van der Waals surface area contributed by atoms with Gasteiger partial charge in [0.1, 0.15) is 0 Å². The van der Waals surface area contributed by atoms with Crippen LogP contribution in [0.4, 0.5) is 5.69 Å². The monoisotopic (exact) mass is 401 g/mol. The first-order chi connectivity index (χ1) is 14.1. The fraction of sp³-hybridized carbons (Fsp3) is 0.240. The van der Waals surface area contributed by atoms with E-state index in [0.29, 0.717) is 13.1 Å². The van der Waals surface area contributed by atoms with Crippen molar-refractivity contribution in [3.8, 4) is 11.1 Å². The van der Waals surface area contributed by atoms with Gasteiger partial charge in [-0.05, 0) is 29.3 Å². The van der Waals surface area contributed by atoms with Gasteiger partial charge in [0.2, 0.25) is 11.8 Å². The topological polar surface area (TPSA) is 62.3 Å². The number of hydrogen-bond acceptors (Lipinski definition) is 3. The Kier molecular flexibility index (Phi) is 6.62. The van der Waals surface area contributed by atoms with Gasteiger partial charge in [-0.15, -0.1) is 0 Å². The molecular formula is C25H27N3O2. The van der Waals surface area contributed by atoms with E-state index in [9.17, 15) is 9.59 Å². The van der Waals surface area contributed by atoms with Gasteiger partial charge in [-0.3, -0.25) is 14.6 Å². The standard InChI is InChI=1S/C24H23N3O2.CH4/c1-17(28)27-15-22(18-7-3-2-4-8-18)23(16-27)24(29)26-21-11-5-9-19(13-21)20-10-6-12-25-14-20;/h2-14,22-23H,15-16H2,1H3,(H,26,29);1H4. The molecule has 154 valence electrons. The van der Waals surface area contributed by atoms with Crippen LogP contribution in [0, 0.1) is 5.92 Å². The minimum Gasteiger partial charge on any atom is -0.341 e. The van der Waals surface area contributed by atoms with Crippen molar-refractivity contribution in [2.45, 2.75) is 20.3 Å². The number of nitrogens with one attached hydrogen (secondary N) is 1. The average Bonchev–Trinajstić information content (AvgIpc) is 3.21. The van der Waals surface area contributed by atoms with Crippen LogP contribution in [0.1, 0.15) is 25.8 Å². The Morgan fingerprint density at radius 2 is 1.73 bits per heavy atom. The normalized spacial score (nSPS) is 17.8. The van der Waals surface area contributed by atoms with Gasteiger partial charge >= 0.3 is 0 Å². The molecule has 0 radical (unpaired) electrons. The zero-order valence-corrected chi connectivity index (χ0v) is 16.3. The summed E-state index contributed by atoms with van der Waals surface area (Å²) < 4.78 is 0. The molecule has 5 nitrogen and oxygen atoms in total. The van der Waals surface area contributed by atoms with Crippen LogP contribution in [0.3, 0.4) is 0 Å². The van der Waals surface area contributed by atoms with E-state index in [1.165, 1.54) is 0 Å². The third kappa shape index (κ3) is 4.57. The van der Waals surface area contributed by atoms with Gasteiger partial charge in [0.05, 0.1) is 5.92 Å². The maximum absolute atomic E-state index is 13.2. The highest BCUT2D eigenvalue weighted by molar-refractivity contribution is 5.94. The second-order valence-corrected chi connectivity index (χ2v) is 7.36. The zero-order chi connectivity index (χ0) is 20.2. The first-order valence-corrected chi connectivity index (χ1v) is 9.73. The molecule has 1 aliphatic rings. The lowest BCUT2D eigenvalue weighted by Gasteiger charge is -2.18. The zero-order valence-electron chi connectivity index (χ0n) is 16.3. The fourth-order valence-electron chi connectivity index (χ4n) is 3.91. The third-order valence-electron chi connectivity index (χ3n) is 5.45. The lowest BCUT2D eigenvalue weighted by molar-refractivity contribution is -0.128. The smallest absolute Gasteiger partial charge is 0.229 e. The molecular weight excluding hydrogens is 374 g/mol. The Morgan fingerprint density at radius 1 is 0.967 bits per heavy atom. The summed E-state index contributed by atoms with van der Waals surface area (Å²) in [5.41, 5.74) is 3.81. The minimum absolute atomic E-state index is 0. The maximum Gasteiger partial charge on any atom is 0.229 e. The molecule has 1 aromatic heterocycles. The summed E-state index contributed by atoms with van der Waals surface area (Å²) in [6.07, 6.45) is 3.54. The summed E-state index contributed by atoms with van der Waals surface area (Å²) >= 11 is 0. The number of benzene rings is 2. The van der Waals surface area contributed by atoms with Crippen molar-refractivity contribution in [3.05, 3.63) is 84.7 Å². The van der Waals surface area contributed by atoms with E-state index in [1.54, 1.807) is 24.2 Å². The van der Waals surface area contributed by atoms with Gasteiger partial charge in [0.15, 0.2) is 0 Å². The van der Waals surface area contributed by atoms with Crippen LogP contribution in [0.15, 0.2) is 79.1 Å². The number of pyridine rings is 1. The summed E-state index contributed by atoms with van der Waals surface area (Å²) in [4.78, 5) is 31.0. The van der Waals surface area contributed by atoms with Gasteiger partial charge in [-0.2, -0.15) is 0 Å². The summed E-state index contributed by atoms with van der Waals surface area (Å²) in [5.74, 6) is -0.365. The van der Waals surface area contributed by atoms with E-state index >= 15 is 0 Å². The molecule has 2 aromatic carbocycles. The molecule has 2 amide bonds. The number of carbonyl (C=O) groups excluding carboxylic acids is 2. The van der Waals surface area contributed by atoms with Gasteiger partial charge in [0, 0.05) is 49.6 Å². The molecule has 3 aromatic rings. The number of rotatable bonds is 4. The number of nitrogens with zero attached hydrogens (tertiary/aromatic N) is 2. The molecule has 1 fully saturated rings. The summed E-state index contributed by atoms with van der Waals surface area (Å²) in [6.45, 7) is 2.55. The lowest BCUT2D eigenvalue weighted by Crippen LogP contribution is -2.30. The predicted octanol–water partition coefficient (Wildman–Crippen LogP) is 4.59. The van der Waals surface area contributed by atoms with E-state index < -0.39 is 0 Å². The molecule has 1 aliphatic heterocycles. The quantitative estimate of drug-likeness (QED) is 0.696. The summed E-state index contributed by atoms with van der Waals surface area (Å²) in [7, 11) is 0. The maximum atomic E-state index is 13.2. The third-order valence-corrected chi connectivity index (χ3v) is 5.45. The number of hydrogen-bond donors (Lipinski definition) is 1. The molecule has 5 heteroatoms. The molecule has 4 rings (SSSR count). The highest BCUT2D eigenvalue weighted by Gasteiger charge is 2.39. The number of aromatic nitrogens is 1. The van der Waals surface area contributed by atoms with Gasteiger partial charge in [-0.25, -0.2) is 0 Å². The van der Waals surface area contributed by atoms with Crippen LogP contribution in [-0.4, -0.2) is 34.8 Å². The Hall–Kier alpha value is -3.47. The second kappa shape index (κ2) is 9.35. The van der Waals surface area contributed by atoms with Crippen molar-refractivity contribution in [2.75, 3.05) is 18.4 Å². The number of anilines is 1. The highest BCUT2D eigenvalue weighted by Crippen LogP contribution is 2.34. The summed E-state index contributed by atoms with van der Waals surface area (Å²) in [6, 6.07) is 21.6. The van der Waals surface area contributed by atoms with E-state index in [2.05, 4.69) is 10.3 Å². The molecule has 0 saturated carbocycles. The van der Waals surface area contributed by atoms with Gasteiger partial charge < -0.3 is 10.2 Å². The van der Waals surface area contributed by atoms with E-state index in [-0.39, 0.29) is 31.1 Å². The van der Waals surface area contributed by atoms with Gasteiger partial charge in [-0.1, -0.05) is 56.0 Å². The Labute approximate surface area is 177 Å². The lowest BCUT2D eigenvalue weighted by atomic mass is 9.88. The Morgan fingerprint density at radius 3 is 2.43 bits per heavy atom. The van der Waals surface area contributed by atoms with E-state index in [1.807, 2.05) is 66.7 Å².